The number of carbonyl (C=O) groups excluding carboxylic acids is 3. The van der Waals surface area contributed by atoms with E-state index in [2.05, 4.69) is 5.32 Å². The molecule has 4 aromatic rings. The van der Waals surface area contributed by atoms with E-state index in [9.17, 15) is 14.4 Å². The van der Waals surface area contributed by atoms with E-state index in [1.165, 1.54) is 19.4 Å². The highest BCUT2D eigenvalue weighted by Crippen LogP contribution is 2.38. The standard InChI is InChI=1S/C28H21ClN2O6/c1-35-24-14-17(12-22-26(32)30-28(34)31(27(22)33)15-20-9-5-11-36-20)13-23(29)25(24)37-16-19-8-4-7-18-6-2-3-10-21(18)19/h2-14H,15-16H2,1H3,(H,30,32,34)/b22-12+. The number of nitrogens with zero attached hydrogens (tertiary/aromatic N) is 1. The van der Waals surface area contributed by atoms with E-state index >= 15 is 0 Å². The number of hydrogen-bond acceptors (Lipinski definition) is 6. The second kappa shape index (κ2) is 10.2. The molecule has 0 spiro atoms. The highest BCUT2D eigenvalue weighted by Gasteiger charge is 2.36. The molecule has 5 rings (SSSR count). The number of halogens is 1. The van der Waals surface area contributed by atoms with Crippen LogP contribution in [0.25, 0.3) is 16.8 Å². The second-order valence-corrected chi connectivity index (χ2v) is 8.66. The second-order valence-electron chi connectivity index (χ2n) is 8.25. The lowest BCUT2D eigenvalue weighted by Gasteiger charge is -2.25. The topological polar surface area (TPSA) is 98.1 Å². The van der Waals surface area contributed by atoms with Gasteiger partial charge in [0.25, 0.3) is 11.8 Å². The van der Waals surface area contributed by atoms with Gasteiger partial charge in [0.1, 0.15) is 17.9 Å². The Balaban J connectivity index is 1.41. The minimum Gasteiger partial charge on any atom is -0.493 e. The van der Waals surface area contributed by atoms with Crippen molar-refractivity contribution in [1.29, 1.82) is 0 Å². The minimum atomic E-state index is -0.823. The van der Waals surface area contributed by atoms with Gasteiger partial charge in [-0.1, -0.05) is 54.1 Å². The molecular weight excluding hydrogens is 496 g/mol. The number of fused-ring (bicyclic) bond motifs is 1. The first-order valence-electron chi connectivity index (χ1n) is 11.3. The molecule has 37 heavy (non-hydrogen) atoms. The summed E-state index contributed by atoms with van der Waals surface area (Å²) in [4.78, 5) is 38.6. The number of amides is 4. The van der Waals surface area contributed by atoms with Crippen LogP contribution in [0.15, 0.2) is 83.0 Å². The fourth-order valence-electron chi connectivity index (χ4n) is 4.09. The number of ether oxygens (including phenoxy) is 2. The Bertz CT molecular complexity index is 1540. The van der Waals surface area contributed by atoms with Gasteiger partial charge in [0.2, 0.25) is 0 Å². The number of benzene rings is 3. The van der Waals surface area contributed by atoms with Crippen LogP contribution < -0.4 is 14.8 Å². The van der Waals surface area contributed by atoms with Crippen LogP contribution >= 0.6 is 11.6 Å². The Hall–Kier alpha value is -4.56. The first-order valence-corrected chi connectivity index (χ1v) is 11.7. The summed E-state index contributed by atoms with van der Waals surface area (Å²) in [7, 11) is 1.47. The lowest BCUT2D eigenvalue weighted by molar-refractivity contribution is -0.130. The van der Waals surface area contributed by atoms with Gasteiger partial charge in [-0.2, -0.15) is 0 Å². The van der Waals surface area contributed by atoms with Crippen molar-refractivity contribution in [3.05, 3.63) is 100 Å². The predicted octanol–water partition coefficient (Wildman–Crippen LogP) is 5.34. The van der Waals surface area contributed by atoms with Gasteiger partial charge in [-0.05, 0) is 52.2 Å². The molecule has 1 fully saturated rings. The van der Waals surface area contributed by atoms with Crippen molar-refractivity contribution < 1.29 is 28.3 Å². The van der Waals surface area contributed by atoms with E-state index < -0.39 is 17.8 Å². The molecule has 0 atom stereocenters. The molecule has 4 amide bonds. The fourth-order valence-corrected chi connectivity index (χ4v) is 4.37. The molecule has 9 heteroatoms. The molecule has 3 aromatic carbocycles. The summed E-state index contributed by atoms with van der Waals surface area (Å²) < 4.78 is 16.8. The van der Waals surface area contributed by atoms with Crippen molar-refractivity contribution in [1.82, 2.24) is 10.2 Å². The van der Waals surface area contributed by atoms with E-state index in [-0.39, 0.29) is 23.7 Å². The van der Waals surface area contributed by atoms with Gasteiger partial charge in [-0.25, -0.2) is 4.79 Å². The summed E-state index contributed by atoms with van der Waals surface area (Å²) in [5.41, 5.74) is 1.17. The molecule has 1 aliphatic rings. The molecule has 0 unspecified atom stereocenters. The smallest absolute Gasteiger partial charge is 0.331 e. The van der Waals surface area contributed by atoms with Gasteiger partial charge in [0.15, 0.2) is 11.5 Å². The third kappa shape index (κ3) is 4.92. The van der Waals surface area contributed by atoms with Crippen molar-refractivity contribution >= 4 is 46.3 Å². The highest BCUT2D eigenvalue weighted by atomic mass is 35.5. The summed E-state index contributed by atoms with van der Waals surface area (Å²) >= 11 is 6.54. The molecule has 186 valence electrons. The number of rotatable bonds is 7. The Labute approximate surface area is 217 Å². The number of methoxy groups -OCH3 is 1. The van der Waals surface area contributed by atoms with Crippen molar-refractivity contribution in [2.75, 3.05) is 7.11 Å². The number of hydrogen-bond donors (Lipinski definition) is 1. The number of carbonyl (C=O) groups is 3. The van der Waals surface area contributed by atoms with E-state index in [1.807, 2.05) is 42.5 Å². The van der Waals surface area contributed by atoms with Crippen LogP contribution in [0.5, 0.6) is 11.5 Å². The zero-order valence-corrected chi connectivity index (χ0v) is 20.5. The SMILES string of the molecule is COc1cc(/C=C2\C(=O)NC(=O)N(Cc3ccco3)C2=O)cc(Cl)c1OCc1cccc2ccccc12. The molecule has 1 N–H and O–H groups in total. The van der Waals surface area contributed by atoms with Crippen LogP contribution in [0.2, 0.25) is 5.02 Å². The highest BCUT2D eigenvalue weighted by molar-refractivity contribution is 6.33. The molecule has 1 aromatic heterocycles. The van der Waals surface area contributed by atoms with Crippen molar-refractivity contribution in [3.63, 3.8) is 0 Å². The van der Waals surface area contributed by atoms with Crippen LogP contribution in [0.3, 0.4) is 0 Å². The zero-order chi connectivity index (χ0) is 25.9. The van der Waals surface area contributed by atoms with Gasteiger partial charge in [0, 0.05) is 0 Å². The van der Waals surface area contributed by atoms with Crippen LogP contribution in [-0.2, 0) is 22.7 Å². The number of nitrogens with one attached hydrogen (secondary N) is 1. The van der Waals surface area contributed by atoms with Gasteiger partial charge in [-0.3, -0.25) is 19.8 Å². The van der Waals surface area contributed by atoms with Crippen LogP contribution in [-0.4, -0.2) is 29.9 Å². The van der Waals surface area contributed by atoms with Gasteiger partial charge in [-0.15, -0.1) is 0 Å². The summed E-state index contributed by atoms with van der Waals surface area (Å²) in [6.45, 7) is 0.135. The average molecular weight is 517 g/mol. The lowest BCUT2D eigenvalue weighted by Crippen LogP contribution is -2.53. The first-order chi connectivity index (χ1) is 17.9. The molecule has 1 aliphatic heterocycles. The molecule has 0 radical (unpaired) electrons. The molecule has 2 heterocycles. The molecule has 0 saturated carbocycles. The van der Waals surface area contributed by atoms with Gasteiger partial charge in [0.05, 0.1) is 24.9 Å². The fraction of sp³-hybridized carbons (Fsp3) is 0.107. The lowest BCUT2D eigenvalue weighted by atomic mass is 10.1. The number of barbiturate groups is 1. The summed E-state index contributed by atoms with van der Waals surface area (Å²) in [5, 5.41) is 4.58. The third-order valence-electron chi connectivity index (χ3n) is 5.89. The van der Waals surface area contributed by atoms with Crippen molar-refractivity contribution in [3.8, 4) is 11.5 Å². The summed E-state index contributed by atoms with van der Waals surface area (Å²) in [6, 6.07) is 19.6. The Morgan fingerprint density at radius 2 is 1.84 bits per heavy atom. The third-order valence-corrected chi connectivity index (χ3v) is 6.18. The minimum absolute atomic E-state index is 0.118. The maximum Gasteiger partial charge on any atom is 0.331 e. The van der Waals surface area contributed by atoms with Gasteiger partial charge < -0.3 is 13.9 Å². The molecule has 0 aliphatic carbocycles. The maximum absolute atomic E-state index is 13.0. The maximum atomic E-state index is 13.0. The predicted molar refractivity (Wildman–Crippen MR) is 137 cm³/mol. The Morgan fingerprint density at radius 1 is 1.03 bits per heavy atom. The van der Waals surface area contributed by atoms with Crippen LogP contribution in [0.4, 0.5) is 4.79 Å². The summed E-state index contributed by atoms with van der Waals surface area (Å²) in [6.07, 6.45) is 2.78. The number of urea groups is 1. The number of imide groups is 2. The summed E-state index contributed by atoms with van der Waals surface area (Å²) in [5.74, 6) is -0.511. The van der Waals surface area contributed by atoms with Crippen LogP contribution in [0.1, 0.15) is 16.9 Å². The van der Waals surface area contributed by atoms with Crippen molar-refractivity contribution in [2.45, 2.75) is 13.2 Å². The first kappa shape index (κ1) is 24.1. The van der Waals surface area contributed by atoms with Crippen LogP contribution in [0, 0.1) is 0 Å². The zero-order valence-electron chi connectivity index (χ0n) is 19.7. The monoisotopic (exact) mass is 516 g/mol. The Morgan fingerprint density at radius 3 is 2.62 bits per heavy atom. The van der Waals surface area contributed by atoms with Crippen molar-refractivity contribution in [2.24, 2.45) is 0 Å². The quantitative estimate of drug-likeness (QED) is 0.263. The average Bonchev–Trinajstić information content (AvgIpc) is 3.41. The molecular formula is C28H21ClN2O6. The molecule has 8 nitrogen and oxygen atoms in total. The Kier molecular flexibility index (Phi) is 6.66. The normalized spacial score (nSPS) is 14.8. The molecule has 0 bridgehead atoms. The largest absolute Gasteiger partial charge is 0.493 e. The molecule has 1 saturated heterocycles. The van der Waals surface area contributed by atoms with E-state index in [0.29, 0.717) is 22.8 Å². The van der Waals surface area contributed by atoms with E-state index in [4.69, 9.17) is 25.5 Å². The van der Waals surface area contributed by atoms with E-state index in [0.717, 1.165) is 21.2 Å². The number of furan rings is 1. The van der Waals surface area contributed by atoms with E-state index in [1.54, 1.807) is 24.3 Å². The van der Waals surface area contributed by atoms with Gasteiger partial charge >= 0.3 is 6.03 Å².